The number of halogens is 1. The van der Waals surface area contributed by atoms with Crippen LogP contribution in [0.25, 0.3) is 0 Å². The predicted octanol–water partition coefficient (Wildman–Crippen LogP) is 5.20. The number of hydrogen-bond acceptors (Lipinski definition) is 3. The summed E-state index contributed by atoms with van der Waals surface area (Å²) in [7, 11) is -3.75. The first kappa shape index (κ1) is 20.2. The third kappa shape index (κ3) is 3.54. The number of anilines is 1. The summed E-state index contributed by atoms with van der Waals surface area (Å²) in [6, 6.07) is 21.1. The molecule has 3 unspecified atom stereocenters. The zero-order chi connectivity index (χ0) is 21.6. The highest BCUT2D eigenvalue weighted by molar-refractivity contribution is 7.92. The van der Waals surface area contributed by atoms with E-state index in [1.54, 1.807) is 18.2 Å². The minimum absolute atomic E-state index is 0.106. The molecule has 0 aliphatic carbocycles. The van der Waals surface area contributed by atoms with E-state index in [0.29, 0.717) is 13.2 Å². The lowest BCUT2D eigenvalue weighted by atomic mass is 9.74. The standard InChI is InChI=1S/C25H24FNO3S/c1-17-9-11-20(12-10-17)31(28,29)27-16-23-21(22-7-2-3-8-24(22)27)13-14-30-25(23)18-5-4-6-19(26)15-18/h2-12,15,21,23,25H,13-14,16H2,1H3. The van der Waals surface area contributed by atoms with Crippen molar-refractivity contribution in [3.05, 3.63) is 95.3 Å². The molecular weight excluding hydrogens is 413 g/mol. The molecule has 1 saturated heterocycles. The van der Waals surface area contributed by atoms with E-state index in [0.717, 1.165) is 28.8 Å². The Balaban J connectivity index is 1.61. The van der Waals surface area contributed by atoms with Crippen LogP contribution in [0.5, 0.6) is 0 Å². The molecule has 3 aromatic rings. The SMILES string of the molecule is Cc1ccc(S(=O)(=O)N2CC3C(CCOC3c3cccc(F)c3)c3ccccc32)cc1. The van der Waals surface area contributed by atoms with Gasteiger partial charge >= 0.3 is 0 Å². The smallest absolute Gasteiger partial charge is 0.264 e. The molecule has 2 aliphatic heterocycles. The molecule has 3 aromatic carbocycles. The molecule has 160 valence electrons. The van der Waals surface area contributed by atoms with Crippen LogP contribution < -0.4 is 4.31 Å². The van der Waals surface area contributed by atoms with E-state index in [9.17, 15) is 12.8 Å². The van der Waals surface area contributed by atoms with Crippen LogP contribution in [0.1, 0.15) is 35.1 Å². The maximum Gasteiger partial charge on any atom is 0.264 e. The van der Waals surface area contributed by atoms with Crippen LogP contribution in [0.15, 0.2) is 77.7 Å². The van der Waals surface area contributed by atoms with Crippen molar-refractivity contribution < 1.29 is 17.5 Å². The summed E-state index contributed by atoms with van der Waals surface area (Å²) in [5.74, 6) is -0.267. The van der Waals surface area contributed by atoms with Gasteiger partial charge < -0.3 is 4.74 Å². The summed E-state index contributed by atoms with van der Waals surface area (Å²) < 4.78 is 48.9. The highest BCUT2D eigenvalue weighted by Gasteiger charge is 2.44. The molecule has 31 heavy (non-hydrogen) atoms. The molecule has 1 fully saturated rings. The second-order valence-corrected chi connectivity index (χ2v) is 10.2. The fourth-order valence-corrected chi connectivity index (χ4v) is 6.42. The molecule has 6 heteroatoms. The van der Waals surface area contributed by atoms with Crippen LogP contribution in [-0.2, 0) is 14.8 Å². The van der Waals surface area contributed by atoms with E-state index in [1.165, 1.54) is 16.4 Å². The Morgan fingerprint density at radius 3 is 2.55 bits per heavy atom. The van der Waals surface area contributed by atoms with E-state index in [2.05, 4.69) is 0 Å². The molecule has 0 radical (unpaired) electrons. The first-order valence-corrected chi connectivity index (χ1v) is 11.9. The van der Waals surface area contributed by atoms with Crippen LogP contribution in [0.3, 0.4) is 0 Å². The third-order valence-electron chi connectivity index (χ3n) is 6.40. The van der Waals surface area contributed by atoms with Crippen LogP contribution in [0.4, 0.5) is 10.1 Å². The summed E-state index contributed by atoms with van der Waals surface area (Å²) >= 11 is 0. The van der Waals surface area contributed by atoms with Crippen molar-refractivity contribution in [3.8, 4) is 0 Å². The average Bonchev–Trinajstić information content (AvgIpc) is 2.78. The Bertz CT molecular complexity index is 1210. The average molecular weight is 438 g/mol. The van der Waals surface area contributed by atoms with Crippen molar-refractivity contribution in [1.29, 1.82) is 0 Å². The van der Waals surface area contributed by atoms with Crippen LogP contribution in [0, 0.1) is 18.7 Å². The van der Waals surface area contributed by atoms with Gasteiger partial charge in [-0.1, -0.05) is 48.0 Å². The Morgan fingerprint density at radius 2 is 1.77 bits per heavy atom. The fraction of sp³-hybridized carbons (Fsp3) is 0.280. The van der Waals surface area contributed by atoms with Gasteiger partial charge in [0.1, 0.15) is 5.82 Å². The van der Waals surface area contributed by atoms with Gasteiger partial charge in [0.15, 0.2) is 0 Å². The minimum atomic E-state index is -3.75. The molecule has 0 amide bonds. The molecule has 0 bridgehead atoms. The first-order valence-electron chi connectivity index (χ1n) is 10.5. The van der Waals surface area contributed by atoms with E-state index >= 15 is 0 Å². The number of nitrogens with zero attached hydrogens (tertiary/aromatic N) is 1. The number of benzene rings is 3. The summed E-state index contributed by atoms with van der Waals surface area (Å²) in [5.41, 5.74) is 3.50. The fourth-order valence-electron chi connectivity index (χ4n) is 4.89. The quantitative estimate of drug-likeness (QED) is 0.566. The zero-order valence-electron chi connectivity index (χ0n) is 17.2. The van der Waals surface area contributed by atoms with Gasteiger partial charge in [-0.15, -0.1) is 0 Å². The van der Waals surface area contributed by atoms with Gasteiger partial charge in [0, 0.05) is 19.1 Å². The largest absolute Gasteiger partial charge is 0.373 e. The molecule has 2 heterocycles. The predicted molar refractivity (Wildman–Crippen MR) is 118 cm³/mol. The zero-order valence-corrected chi connectivity index (χ0v) is 18.1. The summed E-state index contributed by atoms with van der Waals surface area (Å²) in [5, 5.41) is 0. The number of sulfonamides is 1. The second kappa shape index (κ2) is 7.77. The van der Waals surface area contributed by atoms with E-state index < -0.39 is 10.0 Å². The minimum Gasteiger partial charge on any atom is -0.373 e. The van der Waals surface area contributed by atoms with Crippen molar-refractivity contribution in [3.63, 3.8) is 0 Å². The number of para-hydroxylation sites is 1. The van der Waals surface area contributed by atoms with E-state index in [-0.39, 0.29) is 28.7 Å². The van der Waals surface area contributed by atoms with Crippen molar-refractivity contribution in [2.75, 3.05) is 17.5 Å². The first-order chi connectivity index (χ1) is 14.9. The highest BCUT2D eigenvalue weighted by Crippen LogP contribution is 2.50. The molecule has 3 atom stereocenters. The lowest BCUT2D eigenvalue weighted by Crippen LogP contribution is -2.46. The third-order valence-corrected chi connectivity index (χ3v) is 8.19. The van der Waals surface area contributed by atoms with Gasteiger partial charge in [0.2, 0.25) is 0 Å². The monoisotopic (exact) mass is 437 g/mol. The molecule has 0 saturated carbocycles. The number of ether oxygens (including phenoxy) is 1. The molecule has 0 spiro atoms. The molecule has 2 aliphatic rings. The van der Waals surface area contributed by atoms with Gasteiger partial charge in [-0.25, -0.2) is 12.8 Å². The number of rotatable bonds is 3. The van der Waals surface area contributed by atoms with Crippen molar-refractivity contribution in [2.24, 2.45) is 5.92 Å². The maximum atomic E-state index is 13.9. The summed E-state index contributed by atoms with van der Waals surface area (Å²) in [6.07, 6.45) is 0.449. The Morgan fingerprint density at radius 1 is 1.00 bits per heavy atom. The molecular formula is C25H24FNO3S. The molecule has 0 N–H and O–H groups in total. The number of aryl methyl sites for hydroxylation is 1. The van der Waals surface area contributed by atoms with Gasteiger partial charge in [-0.3, -0.25) is 4.31 Å². The van der Waals surface area contributed by atoms with Gasteiger partial charge in [-0.2, -0.15) is 0 Å². The summed E-state index contributed by atoms with van der Waals surface area (Å²) in [6.45, 7) is 2.78. The maximum absolute atomic E-state index is 13.9. The van der Waals surface area contributed by atoms with Gasteiger partial charge in [-0.05, 0) is 60.7 Å². The van der Waals surface area contributed by atoms with E-state index in [4.69, 9.17) is 4.74 Å². The lowest BCUT2D eigenvalue weighted by molar-refractivity contribution is -0.0385. The Kier molecular flexibility index (Phi) is 5.07. The Labute approximate surface area is 182 Å². The van der Waals surface area contributed by atoms with Crippen molar-refractivity contribution >= 4 is 15.7 Å². The number of fused-ring (bicyclic) bond motifs is 3. The second-order valence-electron chi connectivity index (χ2n) is 8.31. The van der Waals surface area contributed by atoms with Gasteiger partial charge in [0.25, 0.3) is 10.0 Å². The van der Waals surface area contributed by atoms with Gasteiger partial charge in [0.05, 0.1) is 16.7 Å². The van der Waals surface area contributed by atoms with Crippen LogP contribution in [0.2, 0.25) is 0 Å². The molecule has 5 rings (SSSR count). The number of hydrogen-bond donors (Lipinski definition) is 0. The molecule has 4 nitrogen and oxygen atoms in total. The molecule has 0 aromatic heterocycles. The summed E-state index contributed by atoms with van der Waals surface area (Å²) in [4.78, 5) is 0.269. The normalized spacial score (nSPS) is 23.2. The lowest BCUT2D eigenvalue weighted by Gasteiger charge is -2.46. The van der Waals surface area contributed by atoms with E-state index in [1.807, 2.05) is 49.4 Å². The Hall–Kier alpha value is -2.70. The van der Waals surface area contributed by atoms with Crippen LogP contribution in [-0.4, -0.2) is 21.6 Å². The van der Waals surface area contributed by atoms with Crippen molar-refractivity contribution in [1.82, 2.24) is 0 Å². The van der Waals surface area contributed by atoms with Crippen molar-refractivity contribution in [2.45, 2.75) is 30.3 Å². The highest BCUT2D eigenvalue weighted by atomic mass is 32.2. The topological polar surface area (TPSA) is 46.6 Å². The van der Waals surface area contributed by atoms with Crippen LogP contribution >= 0.6 is 0 Å².